The minimum Gasteiger partial charge on any atom is -0.293 e. The Labute approximate surface area is 112 Å². The highest BCUT2D eigenvalue weighted by Crippen LogP contribution is 2.13. The van der Waals surface area contributed by atoms with E-state index in [1.165, 1.54) is 18.2 Å². The number of carbonyl (C=O) groups excluding carboxylic acids is 1. The van der Waals surface area contributed by atoms with Gasteiger partial charge < -0.3 is 0 Å². The highest BCUT2D eigenvalue weighted by atomic mass is 32.2. The van der Waals surface area contributed by atoms with Crippen LogP contribution in [0.3, 0.4) is 0 Å². The molecular formula is C13H16FNO3S. The largest absolute Gasteiger partial charge is 0.293 e. The molecule has 0 aliphatic carbocycles. The summed E-state index contributed by atoms with van der Waals surface area (Å²) in [4.78, 5) is 13.8. The van der Waals surface area contributed by atoms with E-state index in [4.69, 9.17) is 0 Å². The lowest BCUT2D eigenvalue weighted by Crippen LogP contribution is -2.48. The maximum absolute atomic E-state index is 13.0. The fraction of sp³-hybridized carbons (Fsp3) is 0.462. The maximum Gasteiger partial charge on any atom is 0.176 e. The zero-order valence-electron chi connectivity index (χ0n) is 10.7. The van der Waals surface area contributed by atoms with Gasteiger partial charge in [0.05, 0.1) is 18.1 Å². The third-order valence-corrected chi connectivity index (χ3v) is 5.10. The molecular weight excluding hydrogens is 269 g/mol. The average molecular weight is 285 g/mol. The minimum absolute atomic E-state index is 0.0728. The van der Waals surface area contributed by atoms with Gasteiger partial charge in [-0.15, -0.1) is 0 Å². The molecule has 1 aliphatic rings. The molecule has 1 aromatic carbocycles. The van der Waals surface area contributed by atoms with Crippen LogP contribution in [-0.2, 0) is 9.84 Å². The zero-order valence-corrected chi connectivity index (χ0v) is 11.5. The summed E-state index contributed by atoms with van der Waals surface area (Å²) in [6.45, 7) is 2.26. The van der Waals surface area contributed by atoms with Crippen LogP contribution in [0.4, 0.5) is 4.39 Å². The average Bonchev–Trinajstić information content (AvgIpc) is 2.32. The summed E-state index contributed by atoms with van der Waals surface area (Å²) in [5.41, 5.74) is 0.320. The third kappa shape index (κ3) is 3.61. The van der Waals surface area contributed by atoms with Crippen molar-refractivity contribution in [2.75, 3.05) is 24.6 Å². The molecule has 0 N–H and O–H groups in total. The number of nitrogens with zero attached hydrogens (tertiary/aromatic N) is 1. The Bertz CT molecular complexity index is 585. The van der Waals surface area contributed by atoms with Gasteiger partial charge in [0.25, 0.3) is 0 Å². The summed E-state index contributed by atoms with van der Waals surface area (Å²) >= 11 is 0. The van der Waals surface area contributed by atoms with Crippen molar-refractivity contribution in [2.45, 2.75) is 13.0 Å². The van der Waals surface area contributed by atoms with Crippen molar-refractivity contribution in [3.05, 3.63) is 35.6 Å². The smallest absolute Gasteiger partial charge is 0.176 e. The lowest BCUT2D eigenvalue weighted by Gasteiger charge is -2.32. The first kappa shape index (κ1) is 14.1. The summed E-state index contributed by atoms with van der Waals surface area (Å²) in [6, 6.07) is 5.36. The molecule has 1 unspecified atom stereocenters. The van der Waals surface area contributed by atoms with Gasteiger partial charge in [-0.05, 0) is 19.1 Å². The normalized spacial score (nSPS) is 23.2. The Morgan fingerprint density at radius 3 is 2.84 bits per heavy atom. The molecule has 19 heavy (non-hydrogen) atoms. The van der Waals surface area contributed by atoms with Gasteiger partial charge in [-0.3, -0.25) is 9.69 Å². The fourth-order valence-electron chi connectivity index (χ4n) is 2.21. The number of rotatable bonds is 3. The van der Waals surface area contributed by atoms with E-state index in [1.807, 2.05) is 4.90 Å². The first-order valence-electron chi connectivity index (χ1n) is 6.10. The highest BCUT2D eigenvalue weighted by Gasteiger charge is 2.29. The molecule has 4 nitrogen and oxygen atoms in total. The summed E-state index contributed by atoms with van der Waals surface area (Å²) in [5.74, 6) is -0.484. The minimum atomic E-state index is -2.98. The van der Waals surface area contributed by atoms with E-state index in [2.05, 4.69) is 0 Å². The fourth-order valence-corrected chi connectivity index (χ4v) is 3.83. The van der Waals surface area contributed by atoms with Gasteiger partial charge in [0, 0.05) is 18.2 Å². The van der Waals surface area contributed by atoms with E-state index in [0.717, 1.165) is 0 Å². The van der Waals surface area contributed by atoms with Crippen LogP contribution in [0.25, 0.3) is 0 Å². The summed E-state index contributed by atoms with van der Waals surface area (Å²) in [7, 11) is -2.98. The molecule has 0 spiro atoms. The quantitative estimate of drug-likeness (QED) is 0.781. The summed E-state index contributed by atoms with van der Waals surface area (Å²) in [5, 5.41) is 0. The molecule has 1 atom stereocenters. The summed E-state index contributed by atoms with van der Waals surface area (Å²) < 4.78 is 35.9. The van der Waals surface area contributed by atoms with Crippen molar-refractivity contribution in [1.82, 2.24) is 4.90 Å². The monoisotopic (exact) mass is 285 g/mol. The highest BCUT2D eigenvalue weighted by molar-refractivity contribution is 7.91. The second-order valence-corrected chi connectivity index (χ2v) is 7.10. The van der Waals surface area contributed by atoms with E-state index < -0.39 is 15.7 Å². The number of sulfone groups is 1. The topological polar surface area (TPSA) is 54.5 Å². The Hall–Kier alpha value is -1.27. The Morgan fingerprint density at radius 1 is 1.47 bits per heavy atom. The van der Waals surface area contributed by atoms with Gasteiger partial charge in [-0.2, -0.15) is 0 Å². The second kappa shape index (κ2) is 5.38. The molecule has 1 fully saturated rings. The number of carbonyl (C=O) groups is 1. The Morgan fingerprint density at radius 2 is 2.21 bits per heavy atom. The first-order chi connectivity index (χ1) is 8.87. The van der Waals surface area contributed by atoms with Gasteiger partial charge in [-0.1, -0.05) is 12.1 Å². The van der Waals surface area contributed by atoms with Gasteiger partial charge in [0.2, 0.25) is 0 Å². The Kier molecular flexibility index (Phi) is 4.01. The van der Waals surface area contributed by atoms with Crippen molar-refractivity contribution < 1.29 is 17.6 Å². The van der Waals surface area contributed by atoms with Crippen LogP contribution in [0.1, 0.15) is 17.3 Å². The van der Waals surface area contributed by atoms with Crippen molar-refractivity contribution >= 4 is 15.6 Å². The van der Waals surface area contributed by atoms with Crippen LogP contribution in [0, 0.1) is 5.82 Å². The van der Waals surface area contributed by atoms with E-state index >= 15 is 0 Å². The molecule has 1 aromatic rings. The van der Waals surface area contributed by atoms with E-state index in [9.17, 15) is 17.6 Å². The third-order valence-electron chi connectivity index (χ3n) is 3.30. The standard InChI is InChI=1S/C13H16FNO3S/c1-10-9-19(17,18)6-5-15(10)8-13(16)11-3-2-4-12(14)7-11/h2-4,7,10H,5-6,8-9H2,1H3. The molecule has 0 amide bonds. The van der Waals surface area contributed by atoms with E-state index in [0.29, 0.717) is 12.1 Å². The Balaban J connectivity index is 2.04. The number of halogens is 1. The van der Waals surface area contributed by atoms with Crippen molar-refractivity contribution in [1.29, 1.82) is 0 Å². The second-order valence-electron chi connectivity index (χ2n) is 4.87. The number of hydrogen-bond donors (Lipinski definition) is 0. The van der Waals surface area contributed by atoms with Crippen LogP contribution in [-0.4, -0.2) is 49.7 Å². The lowest BCUT2D eigenvalue weighted by atomic mass is 10.1. The van der Waals surface area contributed by atoms with Gasteiger partial charge >= 0.3 is 0 Å². The zero-order chi connectivity index (χ0) is 14.0. The SMILES string of the molecule is CC1CS(=O)(=O)CCN1CC(=O)c1cccc(F)c1. The molecule has 1 aliphatic heterocycles. The predicted molar refractivity (Wildman–Crippen MR) is 70.4 cm³/mol. The van der Waals surface area contributed by atoms with E-state index in [-0.39, 0.29) is 29.9 Å². The predicted octanol–water partition coefficient (Wildman–Crippen LogP) is 1.13. The van der Waals surface area contributed by atoms with Crippen molar-refractivity contribution in [3.63, 3.8) is 0 Å². The molecule has 0 aromatic heterocycles. The molecule has 0 radical (unpaired) electrons. The number of hydrogen-bond acceptors (Lipinski definition) is 4. The maximum atomic E-state index is 13.0. The number of benzene rings is 1. The molecule has 0 bridgehead atoms. The van der Waals surface area contributed by atoms with E-state index in [1.54, 1.807) is 13.0 Å². The van der Waals surface area contributed by atoms with Crippen molar-refractivity contribution in [2.24, 2.45) is 0 Å². The van der Waals surface area contributed by atoms with Crippen LogP contribution >= 0.6 is 0 Å². The molecule has 0 saturated carbocycles. The number of ketones is 1. The first-order valence-corrected chi connectivity index (χ1v) is 7.93. The molecule has 104 valence electrons. The van der Waals surface area contributed by atoms with Gasteiger partial charge in [0.15, 0.2) is 15.6 Å². The molecule has 6 heteroatoms. The molecule has 1 heterocycles. The number of Topliss-reactive ketones (excluding diaryl/α,β-unsaturated/α-hetero) is 1. The lowest BCUT2D eigenvalue weighted by molar-refractivity contribution is 0.0908. The van der Waals surface area contributed by atoms with Gasteiger partial charge in [-0.25, -0.2) is 12.8 Å². The van der Waals surface area contributed by atoms with Crippen LogP contribution in [0.5, 0.6) is 0 Å². The summed E-state index contributed by atoms with van der Waals surface area (Å²) in [6.07, 6.45) is 0. The van der Waals surface area contributed by atoms with Crippen LogP contribution in [0.2, 0.25) is 0 Å². The van der Waals surface area contributed by atoms with Gasteiger partial charge in [0.1, 0.15) is 5.82 Å². The van der Waals surface area contributed by atoms with Crippen LogP contribution < -0.4 is 0 Å². The molecule has 1 saturated heterocycles. The van der Waals surface area contributed by atoms with Crippen LogP contribution in [0.15, 0.2) is 24.3 Å². The van der Waals surface area contributed by atoms with Crippen molar-refractivity contribution in [3.8, 4) is 0 Å². The molecule has 2 rings (SSSR count).